The fourth-order valence-corrected chi connectivity index (χ4v) is 4.18. The molecule has 0 aliphatic carbocycles. The zero-order valence-corrected chi connectivity index (χ0v) is 18.2. The minimum atomic E-state index is -1.56. The molecule has 4 rings (SSSR count). The molecule has 0 bridgehead atoms. The summed E-state index contributed by atoms with van der Waals surface area (Å²) in [5.41, 5.74) is 3.83. The van der Waals surface area contributed by atoms with Crippen LogP contribution >= 0.6 is 15.9 Å². The minimum Gasteiger partial charge on any atom is -0.418 e. The number of primary amides is 1. The maximum atomic E-state index is 12.7. The maximum absolute atomic E-state index is 12.7. The predicted octanol–water partition coefficient (Wildman–Crippen LogP) is 2.83. The molecule has 2 aromatic carbocycles. The molecule has 1 aliphatic rings. The fourth-order valence-electron chi connectivity index (χ4n) is 3.88. The number of halogens is 1. The van der Waals surface area contributed by atoms with Crippen LogP contribution in [0.15, 0.2) is 44.0 Å². The van der Waals surface area contributed by atoms with Crippen LogP contribution in [-0.2, 0) is 9.59 Å². The molecule has 168 valence electrons. The first-order valence-electron chi connectivity index (χ1n) is 9.22. The average Bonchev–Trinajstić information content (AvgIpc) is 2.75. The second-order valence-electron chi connectivity index (χ2n) is 7.23. The molecule has 2 unspecified atom stereocenters. The Morgan fingerprint density at radius 2 is 1.76 bits per heavy atom. The summed E-state index contributed by atoms with van der Waals surface area (Å²) in [6, 6.07) is 6.40. The number of carbonyl (C=O) groups excluding carboxylic acids is 2. The van der Waals surface area contributed by atoms with Crippen molar-refractivity contribution in [3.05, 3.63) is 82.1 Å². The van der Waals surface area contributed by atoms with Crippen molar-refractivity contribution in [2.24, 2.45) is 11.7 Å². The quantitative estimate of drug-likeness (QED) is 0.135. The molecule has 2 heterocycles. The van der Waals surface area contributed by atoms with Crippen LogP contribution in [0.2, 0.25) is 0 Å². The lowest BCUT2D eigenvalue weighted by Crippen LogP contribution is -2.41. The van der Waals surface area contributed by atoms with Gasteiger partial charge in [-0.05, 0) is 40.0 Å². The number of hydrogen-bond donors (Lipinski definition) is 1. The molecule has 1 aliphatic heterocycles. The Bertz CT molecular complexity index is 1450. The van der Waals surface area contributed by atoms with E-state index in [1.165, 1.54) is 37.3 Å². The van der Waals surface area contributed by atoms with Crippen molar-refractivity contribution >= 4 is 50.2 Å². The van der Waals surface area contributed by atoms with E-state index in [-0.39, 0.29) is 26.7 Å². The van der Waals surface area contributed by atoms with Gasteiger partial charge in [0.25, 0.3) is 5.69 Å². The van der Waals surface area contributed by atoms with E-state index in [4.69, 9.17) is 14.9 Å². The third kappa shape index (κ3) is 3.42. The summed E-state index contributed by atoms with van der Waals surface area (Å²) < 4.78 is 10.3. The number of esters is 1. The van der Waals surface area contributed by atoms with Gasteiger partial charge in [-0.3, -0.25) is 29.8 Å². The van der Waals surface area contributed by atoms with E-state index >= 15 is 0 Å². The Morgan fingerprint density at radius 1 is 1.12 bits per heavy atom. The number of non-ortho nitro benzene ring substituents is 1. The van der Waals surface area contributed by atoms with Crippen molar-refractivity contribution in [2.75, 3.05) is 0 Å². The monoisotopic (exact) mass is 517 g/mol. The first-order chi connectivity index (χ1) is 15.5. The highest BCUT2D eigenvalue weighted by Gasteiger charge is 2.46. The van der Waals surface area contributed by atoms with Gasteiger partial charge in [-0.1, -0.05) is 12.1 Å². The molecule has 0 fully saturated rings. The van der Waals surface area contributed by atoms with Crippen molar-refractivity contribution in [1.29, 1.82) is 0 Å². The van der Waals surface area contributed by atoms with Crippen molar-refractivity contribution in [1.82, 2.24) is 0 Å². The second kappa shape index (κ2) is 7.78. The number of nitro groups is 2. The van der Waals surface area contributed by atoms with Gasteiger partial charge in [0.1, 0.15) is 10.4 Å². The normalized spacial score (nSPS) is 17.3. The summed E-state index contributed by atoms with van der Waals surface area (Å²) in [6.07, 6.45) is 0. The number of nitro benzene ring substituents is 2. The van der Waals surface area contributed by atoms with E-state index in [0.29, 0.717) is 5.56 Å². The summed E-state index contributed by atoms with van der Waals surface area (Å²) in [6.45, 7) is 1.53. The molecule has 3 aromatic rings. The Balaban J connectivity index is 2.12. The second-order valence-corrected chi connectivity index (χ2v) is 8.03. The number of hydrogen-bond acceptors (Lipinski definition) is 9. The number of aryl methyl sites for hydroxylation is 1. The SMILES string of the molecule is Cc1c(Br)c(=O)oc2c([N+](=O)[O-])c3c(cc12)C(c1ccc([N+](=O)[O-])cc1)C(C(N)=O)C(=O)O3. The van der Waals surface area contributed by atoms with Crippen LogP contribution in [-0.4, -0.2) is 21.7 Å². The number of carbonyl (C=O) groups is 2. The van der Waals surface area contributed by atoms with Gasteiger partial charge in [-0.25, -0.2) is 4.79 Å². The largest absolute Gasteiger partial charge is 0.418 e. The summed E-state index contributed by atoms with van der Waals surface area (Å²) in [5, 5.41) is 23.1. The van der Waals surface area contributed by atoms with Crippen LogP contribution in [0.4, 0.5) is 11.4 Å². The highest BCUT2D eigenvalue weighted by atomic mass is 79.9. The average molecular weight is 518 g/mol. The number of nitrogens with two attached hydrogens (primary N) is 1. The van der Waals surface area contributed by atoms with E-state index in [2.05, 4.69) is 15.9 Å². The van der Waals surface area contributed by atoms with Gasteiger partial charge < -0.3 is 14.9 Å². The predicted molar refractivity (Wildman–Crippen MR) is 115 cm³/mol. The van der Waals surface area contributed by atoms with Crippen molar-refractivity contribution < 1.29 is 28.6 Å². The Kier molecular flexibility index (Phi) is 5.20. The van der Waals surface area contributed by atoms with E-state index in [1.807, 2.05) is 0 Å². The minimum absolute atomic E-state index is 0.0374. The Labute approximate surface area is 191 Å². The third-order valence-corrected chi connectivity index (χ3v) is 6.34. The first-order valence-corrected chi connectivity index (χ1v) is 10.0. The van der Waals surface area contributed by atoms with Gasteiger partial charge in [0.15, 0.2) is 0 Å². The molecule has 2 N–H and O–H groups in total. The van der Waals surface area contributed by atoms with Gasteiger partial charge in [-0.2, -0.15) is 0 Å². The van der Waals surface area contributed by atoms with E-state index in [0.717, 1.165) is 0 Å². The van der Waals surface area contributed by atoms with Crippen molar-refractivity contribution in [3.63, 3.8) is 0 Å². The molecule has 2 atom stereocenters. The summed E-state index contributed by atoms with van der Waals surface area (Å²) >= 11 is 3.08. The molecule has 0 saturated carbocycles. The number of fused-ring (bicyclic) bond motifs is 2. The van der Waals surface area contributed by atoms with Crippen LogP contribution < -0.4 is 16.1 Å². The number of ether oxygens (including phenoxy) is 1. The topological polar surface area (TPSA) is 186 Å². The number of rotatable bonds is 4. The molecule has 0 saturated heterocycles. The summed E-state index contributed by atoms with van der Waals surface area (Å²) in [7, 11) is 0. The zero-order chi connectivity index (χ0) is 24.2. The van der Waals surface area contributed by atoms with E-state index in [9.17, 15) is 34.6 Å². The zero-order valence-electron chi connectivity index (χ0n) is 16.6. The van der Waals surface area contributed by atoms with Crippen LogP contribution in [0.5, 0.6) is 5.75 Å². The lowest BCUT2D eigenvalue weighted by molar-refractivity contribution is -0.385. The number of benzene rings is 2. The molecule has 33 heavy (non-hydrogen) atoms. The molecule has 0 radical (unpaired) electrons. The van der Waals surface area contributed by atoms with Gasteiger partial charge in [0.05, 0.1) is 9.85 Å². The summed E-state index contributed by atoms with van der Waals surface area (Å²) in [5.74, 6) is -5.39. The molecule has 12 nitrogen and oxygen atoms in total. The Morgan fingerprint density at radius 3 is 2.30 bits per heavy atom. The number of amides is 1. The first kappa shape index (κ1) is 22.1. The lowest BCUT2D eigenvalue weighted by Gasteiger charge is -2.30. The smallest absolute Gasteiger partial charge is 0.354 e. The number of nitrogens with zero attached hydrogens (tertiary/aromatic N) is 2. The van der Waals surface area contributed by atoms with Crippen LogP contribution in [0.1, 0.15) is 22.6 Å². The lowest BCUT2D eigenvalue weighted by atomic mass is 9.77. The molecule has 1 amide bonds. The summed E-state index contributed by atoms with van der Waals surface area (Å²) in [4.78, 5) is 58.5. The maximum Gasteiger partial charge on any atom is 0.354 e. The van der Waals surface area contributed by atoms with Gasteiger partial charge >= 0.3 is 17.3 Å². The van der Waals surface area contributed by atoms with Gasteiger partial charge in [0.2, 0.25) is 17.2 Å². The highest BCUT2D eigenvalue weighted by Crippen LogP contribution is 2.50. The molecular formula is C20H12BrN3O9. The van der Waals surface area contributed by atoms with Gasteiger partial charge in [-0.15, -0.1) is 0 Å². The van der Waals surface area contributed by atoms with Crippen LogP contribution in [0.25, 0.3) is 11.0 Å². The van der Waals surface area contributed by atoms with Crippen LogP contribution in [0.3, 0.4) is 0 Å². The van der Waals surface area contributed by atoms with Crippen molar-refractivity contribution in [3.8, 4) is 5.75 Å². The molecule has 13 heteroatoms. The molecular weight excluding hydrogens is 506 g/mol. The van der Waals surface area contributed by atoms with E-state index in [1.54, 1.807) is 0 Å². The Hall–Kier alpha value is -4.13. The van der Waals surface area contributed by atoms with E-state index < -0.39 is 56.2 Å². The van der Waals surface area contributed by atoms with Crippen LogP contribution in [0, 0.1) is 33.1 Å². The van der Waals surface area contributed by atoms with Gasteiger partial charge in [0, 0.05) is 29.0 Å². The fraction of sp³-hybridized carbons (Fsp3) is 0.150. The molecule has 1 aromatic heterocycles. The highest BCUT2D eigenvalue weighted by molar-refractivity contribution is 9.10. The van der Waals surface area contributed by atoms with Crippen molar-refractivity contribution in [2.45, 2.75) is 12.8 Å². The third-order valence-electron chi connectivity index (χ3n) is 5.42. The standard InChI is InChI=1S/C20H12BrN3O9/c1-7-10-6-11-12(8-2-4-9(5-3-8)23(28)29)13(18(22)25)19(26)32-17(11)15(24(30)31)16(10)33-20(27)14(7)21/h2-6,12-13H,1H3,(H2,22,25). The molecule has 0 spiro atoms.